The summed E-state index contributed by atoms with van der Waals surface area (Å²) >= 11 is 6.12. The van der Waals surface area contributed by atoms with Gasteiger partial charge in [0, 0.05) is 23.3 Å². The van der Waals surface area contributed by atoms with E-state index in [0.29, 0.717) is 19.0 Å². The van der Waals surface area contributed by atoms with E-state index in [1.807, 2.05) is 42.8 Å². The normalized spacial score (nSPS) is 10.7. The Hall–Kier alpha value is -1.52. The van der Waals surface area contributed by atoms with E-state index >= 15 is 0 Å². The molecule has 1 heterocycles. The quantitative estimate of drug-likeness (QED) is 0.924. The molecule has 0 saturated carbocycles. The number of nitrogens with two attached hydrogens (primary N) is 1. The van der Waals surface area contributed by atoms with Crippen LogP contribution in [-0.2, 0) is 0 Å². The van der Waals surface area contributed by atoms with Crippen molar-refractivity contribution in [2.75, 3.05) is 13.2 Å². The molecule has 0 spiro atoms. The molecule has 0 aliphatic carbocycles. The third kappa shape index (κ3) is 2.49. The molecule has 96 valence electrons. The smallest absolute Gasteiger partial charge is 0.233 e. The van der Waals surface area contributed by atoms with Gasteiger partial charge in [-0.2, -0.15) is 0 Å². The van der Waals surface area contributed by atoms with Crippen molar-refractivity contribution < 1.29 is 4.74 Å². The zero-order chi connectivity index (χ0) is 13.1. The van der Waals surface area contributed by atoms with Crippen LogP contribution in [0.1, 0.15) is 11.3 Å². The van der Waals surface area contributed by atoms with Gasteiger partial charge in [-0.1, -0.05) is 17.7 Å². The monoisotopic (exact) mass is 265 g/mol. The Bertz CT molecular complexity index is 551. The van der Waals surface area contributed by atoms with Gasteiger partial charge in [0.25, 0.3) is 0 Å². The Kier molecular flexibility index (Phi) is 3.89. The summed E-state index contributed by atoms with van der Waals surface area (Å²) < 4.78 is 7.24. The van der Waals surface area contributed by atoms with E-state index in [2.05, 4.69) is 5.10 Å². The number of nitrogens with zero attached hydrogens (tertiary/aromatic N) is 2. The van der Waals surface area contributed by atoms with Crippen molar-refractivity contribution in [3.8, 4) is 11.6 Å². The van der Waals surface area contributed by atoms with Gasteiger partial charge < -0.3 is 10.5 Å². The molecule has 0 atom stereocenters. The number of hydrogen-bond donors (Lipinski definition) is 1. The molecule has 0 fully saturated rings. The van der Waals surface area contributed by atoms with E-state index in [9.17, 15) is 0 Å². The molecule has 0 amide bonds. The van der Waals surface area contributed by atoms with Gasteiger partial charge in [-0.25, -0.2) is 4.68 Å². The number of hydrogen-bond acceptors (Lipinski definition) is 3. The van der Waals surface area contributed by atoms with Crippen molar-refractivity contribution in [3.63, 3.8) is 0 Å². The molecule has 5 heteroatoms. The largest absolute Gasteiger partial charge is 0.475 e. The fraction of sp³-hybridized carbons (Fsp3) is 0.308. The third-order valence-corrected chi connectivity index (χ3v) is 3.11. The minimum atomic E-state index is 0.463. The first kappa shape index (κ1) is 12.9. The maximum atomic E-state index is 6.12. The Morgan fingerprint density at radius 3 is 2.89 bits per heavy atom. The van der Waals surface area contributed by atoms with Gasteiger partial charge in [0.1, 0.15) is 6.61 Å². The summed E-state index contributed by atoms with van der Waals surface area (Å²) in [5, 5.41) is 5.13. The molecule has 18 heavy (non-hydrogen) atoms. The average molecular weight is 266 g/mol. The summed E-state index contributed by atoms with van der Waals surface area (Å²) in [6, 6.07) is 7.64. The van der Waals surface area contributed by atoms with Crippen molar-refractivity contribution in [2.45, 2.75) is 13.8 Å². The number of aryl methyl sites for hydroxylation is 1. The number of rotatable bonds is 4. The van der Waals surface area contributed by atoms with Crippen LogP contribution < -0.4 is 10.5 Å². The predicted octanol–water partition coefficient (Wildman–Crippen LogP) is 2.48. The molecule has 2 aromatic rings. The Morgan fingerprint density at radius 2 is 2.17 bits per heavy atom. The molecular formula is C13H16ClN3O. The zero-order valence-electron chi connectivity index (χ0n) is 10.5. The number of aromatic nitrogens is 2. The van der Waals surface area contributed by atoms with Crippen molar-refractivity contribution in [1.82, 2.24) is 9.78 Å². The van der Waals surface area contributed by atoms with Gasteiger partial charge in [-0.05, 0) is 31.5 Å². The Labute approximate surface area is 111 Å². The molecule has 0 unspecified atom stereocenters. The standard InChI is InChI=1S/C13H16ClN3O/c1-9-8-13(18-7-6-15)16-17(9)12-5-3-4-11(14)10(12)2/h3-5,8H,6-7,15H2,1-2H3. The van der Waals surface area contributed by atoms with Gasteiger partial charge in [0.15, 0.2) is 0 Å². The lowest BCUT2D eigenvalue weighted by Crippen LogP contribution is -2.11. The van der Waals surface area contributed by atoms with Crippen LogP contribution in [0.2, 0.25) is 5.02 Å². The van der Waals surface area contributed by atoms with E-state index < -0.39 is 0 Å². The van der Waals surface area contributed by atoms with Crippen LogP contribution in [0.4, 0.5) is 0 Å². The SMILES string of the molecule is Cc1c(Cl)cccc1-n1nc(OCCN)cc1C. The second-order valence-electron chi connectivity index (χ2n) is 4.06. The minimum Gasteiger partial charge on any atom is -0.475 e. The summed E-state index contributed by atoms with van der Waals surface area (Å²) in [5.41, 5.74) is 8.35. The van der Waals surface area contributed by atoms with Gasteiger partial charge in [-0.15, -0.1) is 5.10 Å². The van der Waals surface area contributed by atoms with Crippen LogP contribution in [0.15, 0.2) is 24.3 Å². The molecule has 1 aromatic carbocycles. The van der Waals surface area contributed by atoms with E-state index in [0.717, 1.165) is 22.0 Å². The number of ether oxygens (including phenoxy) is 1. The summed E-state index contributed by atoms with van der Waals surface area (Å²) in [4.78, 5) is 0. The topological polar surface area (TPSA) is 53.1 Å². The molecule has 1 aromatic heterocycles. The maximum absolute atomic E-state index is 6.12. The lowest BCUT2D eigenvalue weighted by Gasteiger charge is -2.08. The number of benzene rings is 1. The summed E-state index contributed by atoms with van der Waals surface area (Å²) in [7, 11) is 0. The number of halogens is 1. The van der Waals surface area contributed by atoms with Crippen molar-refractivity contribution in [3.05, 3.63) is 40.5 Å². The van der Waals surface area contributed by atoms with Crippen molar-refractivity contribution in [1.29, 1.82) is 0 Å². The molecule has 0 bridgehead atoms. The highest BCUT2D eigenvalue weighted by molar-refractivity contribution is 6.31. The average Bonchev–Trinajstić information content (AvgIpc) is 2.71. The van der Waals surface area contributed by atoms with Crippen LogP contribution in [0.5, 0.6) is 5.88 Å². The van der Waals surface area contributed by atoms with E-state index in [1.54, 1.807) is 0 Å². The highest BCUT2D eigenvalue weighted by atomic mass is 35.5. The minimum absolute atomic E-state index is 0.463. The fourth-order valence-electron chi connectivity index (χ4n) is 1.75. The van der Waals surface area contributed by atoms with Crippen LogP contribution in [0.3, 0.4) is 0 Å². The Morgan fingerprint density at radius 1 is 1.39 bits per heavy atom. The molecule has 4 nitrogen and oxygen atoms in total. The van der Waals surface area contributed by atoms with E-state index in [4.69, 9.17) is 22.1 Å². The van der Waals surface area contributed by atoms with Crippen LogP contribution in [0, 0.1) is 13.8 Å². The lowest BCUT2D eigenvalue weighted by molar-refractivity contribution is 0.313. The first-order valence-corrected chi connectivity index (χ1v) is 6.16. The molecule has 0 aliphatic rings. The Balaban J connectivity index is 2.38. The summed E-state index contributed by atoms with van der Waals surface area (Å²) in [6.45, 7) is 4.88. The van der Waals surface area contributed by atoms with Crippen LogP contribution in [0.25, 0.3) is 5.69 Å². The van der Waals surface area contributed by atoms with Crippen molar-refractivity contribution >= 4 is 11.6 Å². The second kappa shape index (κ2) is 5.42. The summed E-state index contributed by atoms with van der Waals surface area (Å²) in [5.74, 6) is 0.581. The fourth-order valence-corrected chi connectivity index (χ4v) is 1.92. The third-order valence-electron chi connectivity index (χ3n) is 2.70. The maximum Gasteiger partial charge on any atom is 0.233 e. The first-order valence-electron chi connectivity index (χ1n) is 5.78. The van der Waals surface area contributed by atoms with Gasteiger partial charge >= 0.3 is 0 Å². The molecule has 0 aliphatic heterocycles. The lowest BCUT2D eigenvalue weighted by atomic mass is 10.2. The molecular weight excluding hydrogens is 250 g/mol. The summed E-state index contributed by atoms with van der Waals surface area (Å²) in [6.07, 6.45) is 0. The van der Waals surface area contributed by atoms with Crippen LogP contribution in [-0.4, -0.2) is 22.9 Å². The van der Waals surface area contributed by atoms with Crippen molar-refractivity contribution in [2.24, 2.45) is 5.73 Å². The van der Waals surface area contributed by atoms with E-state index in [1.165, 1.54) is 0 Å². The molecule has 2 N–H and O–H groups in total. The highest BCUT2D eigenvalue weighted by Gasteiger charge is 2.10. The van der Waals surface area contributed by atoms with E-state index in [-0.39, 0.29) is 0 Å². The van der Waals surface area contributed by atoms with Gasteiger partial charge in [0.2, 0.25) is 5.88 Å². The first-order chi connectivity index (χ1) is 8.63. The molecule has 0 saturated heterocycles. The molecule has 2 rings (SSSR count). The van der Waals surface area contributed by atoms with Gasteiger partial charge in [0.05, 0.1) is 5.69 Å². The molecule has 0 radical (unpaired) electrons. The second-order valence-corrected chi connectivity index (χ2v) is 4.46. The predicted molar refractivity (Wildman–Crippen MR) is 72.6 cm³/mol. The highest BCUT2D eigenvalue weighted by Crippen LogP contribution is 2.24. The van der Waals surface area contributed by atoms with Gasteiger partial charge in [-0.3, -0.25) is 0 Å². The zero-order valence-corrected chi connectivity index (χ0v) is 11.2. The van der Waals surface area contributed by atoms with Crippen LogP contribution >= 0.6 is 11.6 Å².